The van der Waals surface area contributed by atoms with E-state index in [0.717, 1.165) is 11.9 Å². The van der Waals surface area contributed by atoms with E-state index in [9.17, 15) is 4.79 Å². The van der Waals surface area contributed by atoms with Crippen LogP contribution in [0.15, 0.2) is 28.7 Å². The summed E-state index contributed by atoms with van der Waals surface area (Å²) in [4.78, 5) is 12.8. The Balaban J connectivity index is 0.00000180. The summed E-state index contributed by atoms with van der Waals surface area (Å²) in [7, 11) is 3.95. The molecule has 0 saturated heterocycles. The zero-order chi connectivity index (χ0) is 13.1. The molecule has 1 aromatic heterocycles. The Morgan fingerprint density at radius 1 is 1.37 bits per heavy atom. The van der Waals surface area contributed by atoms with Crippen LogP contribution in [0.2, 0.25) is 0 Å². The van der Waals surface area contributed by atoms with Crippen molar-refractivity contribution in [3.05, 3.63) is 30.0 Å². The van der Waals surface area contributed by atoms with Gasteiger partial charge in [0.15, 0.2) is 0 Å². The number of nitrogens with zero attached hydrogens (tertiary/aromatic N) is 1. The Bertz CT molecular complexity index is 565. The van der Waals surface area contributed by atoms with Crippen LogP contribution in [0, 0.1) is 0 Å². The number of carboxylic acids is 1. The van der Waals surface area contributed by atoms with Gasteiger partial charge < -0.3 is 19.2 Å². The molecule has 5 nitrogen and oxygen atoms in total. The largest absolute Gasteiger partial charge is 0.492 e. The number of aromatic carboxylic acids is 1. The van der Waals surface area contributed by atoms with Gasteiger partial charge in [-0.3, -0.25) is 0 Å². The van der Waals surface area contributed by atoms with E-state index in [1.165, 1.54) is 6.07 Å². The molecule has 0 atom stereocenters. The number of ether oxygens (including phenoxy) is 1. The van der Waals surface area contributed by atoms with Gasteiger partial charge in [-0.2, -0.15) is 0 Å². The molecule has 0 radical (unpaired) electrons. The topological polar surface area (TPSA) is 62.9 Å². The molecule has 0 aliphatic rings. The lowest BCUT2D eigenvalue weighted by Crippen LogP contribution is -2.19. The van der Waals surface area contributed by atoms with Crippen molar-refractivity contribution in [1.82, 2.24) is 4.90 Å². The molecule has 104 valence electrons. The predicted octanol–water partition coefficient (Wildman–Crippen LogP) is 2.65. The molecule has 6 heteroatoms. The number of likely N-dealkylation sites (N-methyl/N-ethyl adjacent to an activating group) is 1. The summed E-state index contributed by atoms with van der Waals surface area (Å²) in [6.45, 7) is 1.41. The van der Waals surface area contributed by atoms with Gasteiger partial charge in [-0.25, -0.2) is 4.79 Å². The maximum absolute atomic E-state index is 10.8. The van der Waals surface area contributed by atoms with Crippen molar-refractivity contribution in [2.75, 3.05) is 27.2 Å². The average molecular weight is 330 g/mol. The zero-order valence-corrected chi connectivity index (χ0v) is 12.5. The van der Waals surface area contributed by atoms with Crippen LogP contribution in [0.25, 0.3) is 11.0 Å². The first kappa shape index (κ1) is 15.5. The lowest BCUT2D eigenvalue weighted by Gasteiger charge is -2.10. The highest BCUT2D eigenvalue weighted by Gasteiger charge is 2.10. The van der Waals surface area contributed by atoms with Crippen LogP contribution in [0.3, 0.4) is 0 Å². The van der Waals surface area contributed by atoms with E-state index in [4.69, 9.17) is 14.3 Å². The summed E-state index contributed by atoms with van der Waals surface area (Å²) in [6, 6.07) is 6.76. The van der Waals surface area contributed by atoms with Crippen LogP contribution in [-0.4, -0.2) is 43.2 Å². The number of rotatable bonds is 5. The molecular weight excluding hydrogens is 314 g/mol. The molecule has 1 heterocycles. The normalized spacial score (nSPS) is 10.5. The first-order valence-corrected chi connectivity index (χ1v) is 5.60. The Kier molecular flexibility index (Phi) is 5.38. The van der Waals surface area contributed by atoms with Crippen molar-refractivity contribution in [1.29, 1.82) is 0 Å². The third-order valence-electron chi connectivity index (χ3n) is 2.51. The Morgan fingerprint density at radius 2 is 2.11 bits per heavy atom. The lowest BCUT2D eigenvalue weighted by atomic mass is 10.2. The van der Waals surface area contributed by atoms with Gasteiger partial charge in [-0.1, -0.05) is 0 Å². The number of hydrogen-bond acceptors (Lipinski definition) is 4. The standard InChI is InChI=1S/C13H15NO4.BrH/c1-14(2)5-6-17-10-3-4-11-9(7-10)8-12(18-11)13(15)16;/h3-4,7-8H,5-6H2,1-2H3,(H,15,16);1H. The van der Waals surface area contributed by atoms with Crippen molar-refractivity contribution in [2.45, 2.75) is 0 Å². The fraction of sp³-hybridized carbons (Fsp3) is 0.308. The number of halogens is 1. The van der Waals surface area contributed by atoms with E-state index in [0.29, 0.717) is 17.9 Å². The summed E-state index contributed by atoms with van der Waals surface area (Å²) in [5, 5.41) is 9.56. The zero-order valence-electron chi connectivity index (χ0n) is 10.8. The van der Waals surface area contributed by atoms with Crippen LogP contribution in [-0.2, 0) is 0 Å². The molecule has 0 amide bonds. The second kappa shape index (κ2) is 6.58. The van der Waals surface area contributed by atoms with Gasteiger partial charge in [0.1, 0.15) is 17.9 Å². The molecule has 0 aliphatic carbocycles. The minimum absolute atomic E-state index is 0. The molecule has 2 aromatic rings. The van der Waals surface area contributed by atoms with Crippen molar-refractivity contribution in [3.63, 3.8) is 0 Å². The third-order valence-corrected chi connectivity index (χ3v) is 2.51. The predicted molar refractivity (Wildman–Crippen MR) is 77.5 cm³/mol. The molecule has 0 spiro atoms. The highest BCUT2D eigenvalue weighted by molar-refractivity contribution is 8.93. The average Bonchev–Trinajstić information content (AvgIpc) is 2.71. The number of hydrogen-bond donors (Lipinski definition) is 1. The molecule has 2 rings (SSSR count). The van der Waals surface area contributed by atoms with Crippen LogP contribution in [0.4, 0.5) is 0 Å². The number of fused-ring (bicyclic) bond motifs is 1. The quantitative estimate of drug-likeness (QED) is 0.913. The second-order valence-corrected chi connectivity index (χ2v) is 4.27. The monoisotopic (exact) mass is 329 g/mol. The smallest absolute Gasteiger partial charge is 0.371 e. The molecule has 0 saturated carbocycles. The van der Waals surface area contributed by atoms with Gasteiger partial charge in [0.05, 0.1) is 0 Å². The van der Waals surface area contributed by atoms with Gasteiger partial charge >= 0.3 is 5.97 Å². The first-order valence-electron chi connectivity index (χ1n) is 5.60. The highest BCUT2D eigenvalue weighted by Crippen LogP contribution is 2.24. The van der Waals surface area contributed by atoms with Crippen LogP contribution in [0.1, 0.15) is 10.6 Å². The summed E-state index contributed by atoms with van der Waals surface area (Å²) < 4.78 is 10.7. The lowest BCUT2D eigenvalue weighted by molar-refractivity contribution is 0.0665. The fourth-order valence-corrected chi connectivity index (χ4v) is 1.56. The first-order chi connectivity index (χ1) is 8.56. The highest BCUT2D eigenvalue weighted by atomic mass is 79.9. The molecule has 0 bridgehead atoms. The molecule has 0 aliphatic heterocycles. The number of benzene rings is 1. The van der Waals surface area contributed by atoms with Crippen molar-refractivity contribution in [2.24, 2.45) is 0 Å². The van der Waals surface area contributed by atoms with Crippen LogP contribution >= 0.6 is 17.0 Å². The van der Waals surface area contributed by atoms with Gasteiger partial charge in [-0.05, 0) is 38.4 Å². The maximum Gasteiger partial charge on any atom is 0.371 e. The third kappa shape index (κ3) is 3.97. The van der Waals surface area contributed by atoms with E-state index in [-0.39, 0.29) is 22.7 Å². The molecule has 0 fully saturated rings. The van der Waals surface area contributed by atoms with E-state index < -0.39 is 5.97 Å². The van der Waals surface area contributed by atoms with E-state index >= 15 is 0 Å². The van der Waals surface area contributed by atoms with Crippen molar-refractivity contribution in [3.8, 4) is 5.75 Å². The molecule has 19 heavy (non-hydrogen) atoms. The van der Waals surface area contributed by atoms with E-state index in [1.807, 2.05) is 19.0 Å². The minimum atomic E-state index is -1.07. The minimum Gasteiger partial charge on any atom is -0.492 e. The van der Waals surface area contributed by atoms with Crippen LogP contribution in [0.5, 0.6) is 5.75 Å². The van der Waals surface area contributed by atoms with Gasteiger partial charge in [0, 0.05) is 11.9 Å². The number of carboxylic acid groups (broad SMARTS) is 1. The van der Waals surface area contributed by atoms with Gasteiger partial charge in [0.25, 0.3) is 0 Å². The summed E-state index contributed by atoms with van der Waals surface area (Å²) in [6.07, 6.45) is 0. The van der Waals surface area contributed by atoms with Crippen LogP contribution < -0.4 is 4.74 Å². The van der Waals surface area contributed by atoms with Crippen molar-refractivity contribution >= 4 is 33.9 Å². The second-order valence-electron chi connectivity index (χ2n) is 4.27. The number of furan rings is 1. The molecule has 0 unspecified atom stereocenters. The maximum atomic E-state index is 10.8. The van der Waals surface area contributed by atoms with Crippen molar-refractivity contribution < 1.29 is 19.1 Å². The summed E-state index contributed by atoms with van der Waals surface area (Å²) >= 11 is 0. The Labute approximate surface area is 121 Å². The summed E-state index contributed by atoms with van der Waals surface area (Å²) in [5.74, 6) is -0.418. The molecule has 1 N–H and O–H groups in total. The van der Waals surface area contributed by atoms with Gasteiger partial charge in [0.2, 0.25) is 5.76 Å². The fourth-order valence-electron chi connectivity index (χ4n) is 1.56. The molecule has 1 aromatic carbocycles. The van der Waals surface area contributed by atoms with E-state index in [2.05, 4.69) is 0 Å². The summed E-state index contributed by atoms with van der Waals surface area (Å²) in [5.41, 5.74) is 0.548. The van der Waals surface area contributed by atoms with E-state index in [1.54, 1.807) is 18.2 Å². The Morgan fingerprint density at radius 3 is 2.74 bits per heavy atom. The van der Waals surface area contributed by atoms with Gasteiger partial charge in [-0.15, -0.1) is 17.0 Å². The SMILES string of the molecule is Br.CN(C)CCOc1ccc2oc(C(=O)O)cc2c1. The molecular formula is C13H16BrNO4. The Hall–Kier alpha value is -1.53. The number of carbonyl (C=O) groups is 1.